The number of carboxylic acid groups (broad SMARTS) is 1. The van der Waals surface area contributed by atoms with Crippen molar-refractivity contribution in [3.05, 3.63) is 0 Å². The van der Waals surface area contributed by atoms with Crippen LogP contribution in [0.2, 0.25) is 0 Å². The molecule has 12 heteroatoms. The van der Waals surface area contributed by atoms with Crippen LogP contribution in [0.4, 0.5) is 0 Å². The van der Waals surface area contributed by atoms with Gasteiger partial charge < -0.3 is 54.7 Å². The maximum atomic E-state index is 11.1. The fraction of sp³-hybridized carbons (Fsp3) is 0.923. The molecule has 7 N–H and O–H groups in total. The van der Waals surface area contributed by atoms with E-state index in [9.17, 15) is 30.3 Å². The number of carbonyl (C=O) groups is 1. The molecule has 146 valence electrons. The topological polar surface area (TPSA) is 196 Å². The lowest BCUT2D eigenvalue weighted by Gasteiger charge is -2.45. The Morgan fingerprint density at radius 1 is 0.960 bits per heavy atom. The Balaban J connectivity index is 2.20. The Morgan fingerprint density at radius 2 is 1.60 bits per heavy atom. The largest absolute Gasteiger partial charge is 0.479 e. The molecule has 2 rings (SSSR count). The van der Waals surface area contributed by atoms with E-state index in [0.29, 0.717) is 0 Å². The first kappa shape index (κ1) is 20.4. The molecule has 0 saturated carbocycles. The predicted molar refractivity (Wildman–Crippen MR) is 74.0 cm³/mol. The van der Waals surface area contributed by atoms with Crippen LogP contribution in [0.3, 0.4) is 0 Å². The molecule has 0 aromatic heterocycles. The summed E-state index contributed by atoms with van der Waals surface area (Å²) in [5.74, 6) is -1.57. The van der Waals surface area contributed by atoms with Crippen LogP contribution >= 0.6 is 0 Å². The Kier molecular flexibility index (Phi) is 6.67. The smallest absolute Gasteiger partial charge is 0.335 e. The summed E-state index contributed by atoms with van der Waals surface area (Å²) in [5.41, 5.74) is 0. The number of aliphatic hydroxyl groups excluding tert-OH is 6. The summed E-state index contributed by atoms with van der Waals surface area (Å²) < 4.78 is 20.2. The molecule has 0 aromatic carbocycles. The van der Waals surface area contributed by atoms with Gasteiger partial charge in [0.1, 0.15) is 42.7 Å². The summed E-state index contributed by atoms with van der Waals surface area (Å²) in [6.07, 6.45) is -16.3. The van der Waals surface area contributed by atoms with Crippen LogP contribution in [-0.2, 0) is 23.7 Å². The quantitative estimate of drug-likeness (QED) is 0.245. The fourth-order valence-corrected chi connectivity index (χ4v) is 2.78. The van der Waals surface area contributed by atoms with E-state index in [-0.39, 0.29) is 0 Å². The minimum absolute atomic E-state index is 0.691. The molecule has 25 heavy (non-hydrogen) atoms. The monoisotopic (exact) mass is 370 g/mol. The molecular weight excluding hydrogens is 348 g/mol. The number of aliphatic hydroxyl groups is 6. The van der Waals surface area contributed by atoms with Crippen LogP contribution in [-0.4, -0.2) is 117 Å². The van der Waals surface area contributed by atoms with Crippen molar-refractivity contribution in [1.82, 2.24) is 0 Å². The third-order valence-corrected chi connectivity index (χ3v) is 4.19. The molecule has 0 aromatic rings. The van der Waals surface area contributed by atoms with Crippen molar-refractivity contribution in [3.63, 3.8) is 0 Å². The van der Waals surface area contributed by atoms with Crippen molar-refractivity contribution in [3.8, 4) is 0 Å². The van der Waals surface area contributed by atoms with Gasteiger partial charge in [0.15, 0.2) is 18.7 Å². The zero-order valence-corrected chi connectivity index (χ0v) is 13.2. The van der Waals surface area contributed by atoms with Crippen molar-refractivity contribution >= 4 is 5.97 Å². The second-order valence-corrected chi connectivity index (χ2v) is 5.77. The zero-order valence-electron chi connectivity index (χ0n) is 13.2. The van der Waals surface area contributed by atoms with Crippen molar-refractivity contribution in [2.75, 3.05) is 13.7 Å². The van der Waals surface area contributed by atoms with Gasteiger partial charge in [-0.2, -0.15) is 0 Å². The summed E-state index contributed by atoms with van der Waals surface area (Å²) >= 11 is 0. The Morgan fingerprint density at radius 3 is 2.12 bits per heavy atom. The maximum Gasteiger partial charge on any atom is 0.335 e. The summed E-state index contributed by atoms with van der Waals surface area (Å²) in [7, 11) is 1.14. The van der Waals surface area contributed by atoms with Crippen LogP contribution in [0.15, 0.2) is 0 Å². The highest BCUT2D eigenvalue weighted by Gasteiger charge is 2.52. The number of hydrogen-bond donors (Lipinski definition) is 7. The van der Waals surface area contributed by atoms with E-state index in [1.807, 2.05) is 0 Å². The van der Waals surface area contributed by atoms with Crippen LogP contribution in [0.5, 0.6) is 0 Å². The lowest BCUT2D eigenvalue weighted by atomic mass is 9.97. The third-order valence-electron chi connectivity index (χ3n) is 4.19. The van der Waals surface area contributed by atoms with Gasteiger partial charge in [-0.3, -0.25) is 0 Å². The molecule has 2 heterocycles. The van der Waals surface area contributed by atoms with Gasteiger partial charge in [-0.1, -0.05) is 0 Å². The summed E-state index contributed by atoms with van der Waals surface area (Å²) in [6.45, 7) is -0.691. The molecule has 2 aliphatic rings. The van der Waals surface area contributed by atoms with E-state index in [1.165, 1.54) is 0 Å². The van der Waals surface area contributed by atoms with Gasteiger partial charge in [-0.15, -0.1) is 0 Å². The number of aliphatic carboxylic acids is 1. The molecule has 2 saturated heterocycles. The molecule has 2 aliphatic heterocycles. The highest BCUT2D eigenvalue weighted by molar-refractivity contribution is 5.73. The molecule has 0 radical (unpaired) electrons. The van der Waals surface area contributed by atoms with Gasteiger partial charge in [0.05, 0.1) is 6.61 Å². The average Bonchev–Trinajstić information content (AvgIpc) is 2.57. The predicted octanol–water partition coefficient (Wildman–Crippen LogP) is -4.65. The number of ether oxygens (including phenoxy) is 4. The standard InChI is InChI=1S/C13H22O12/c1-22-10-6(17)5(16)9(11(19)20)25-13(10)24-8-4(15)3(2-14)23-12(21)7(8)18/h3-10,12-18,21H,2H2,1H3,(H,19,20)/t3-,4+,5+,6+,7-,8+,9+,10-,12?,13+/m1/s1. The highest BCUT2D eigenvalue weighted by atomic mass is 16.7. The summed E-state index contributed by atoms with van der Waals surface area (Å²) in [4.78, 5) is 11.1. The fourth-order valence-electron chi connectivity index (χ4n) is 2.78. The summed E-state index contributed by atoms with van der Waals surface area (Å²) in [6, 6.07) is 0. The van der Waals surface area contributed by atoms with Crippen molar-refractivity contribution in [2.24, 2.45) is 0 Å². The number of rotatable bonds is 5. The SMILES string of the molecule is CO[C@H]1[C@@H](O[C@H]2[C@@H](O)[C@@H](CO)OC(O)[C@@H]2O)O[C@H](C(=O)O)[C@@H](O)[C@@H]1O. The molecule has 0 bridgehead atoms. The Bertz CT molecular complexity index is 460. The van der Waals surface area contributed by atoms with Gasteiger partial charge in [-0.05, 0) is 0 Å². The van der Waals surface area contributed by atoms with Gasteiger partial charge in [0, 0.05) is 7.11 Å². The molecular formula is C13H22O12. The minimum atomic E-state index is -1.85. The molecule has 0 amide bonds. The summed E-state index contributed by atoms with van der Waals surface area (Å²) in [5, 5.41) is 67.6. The van der Waals surface area contributed by atoms with Gasteiger partial charge in [-0.25, -0.2) is 4.79 Å². The van der Waals surface area contributed by atoms with Crippen molar-refractivity contribution in [1.29, 1.82) is 0 Å². The molecule has 2 fully saturated rings. The van der Waals surface area contributed by atoms with Crippen molar-refractivity contribution in [2.45, 2.75) is 61.4 Å². The first-order valence-electron chi connectivity index (χ1n) is 7.46. The highest BCUT2D eigenvalue weighted by Crippen LogP contribution is 2.29. The van der Waals surface area contributed by atoms with E-state index >= 15 is 0 Å². The van der Waals surface area contributed by atoms with Gasteiger partial charge >= 0.3 is 5.97 Å². The van der Waals surface area contributed by atoms with E-state index in [2.05, 4.69) is 0 Å². The van der Waals surface area contributed by atoms with Gasteiger partial charge in [0.25, 0.3) is 0 Å². The number of methoxy groups -OCH3 is 1. The van der Waals surface area contributed by atoms with E-state index in [0.717, 1.165) is 7.11 Å². The van der Waals surface area contributed by atoms with Crippen LogP contribution in [0.1, 0.15) is 0 Å². The molecule has 0 aliphatic carbocycles. The Labute approximate surface area is 141 Å². The number of carboxylic acids is 1. The first-order valence-corrected chi connectivity index (χ1v) is 7.46. The third kappa shape index (κ3) is 3.93. The number of hydrogen-bond acceptors (Lipinski definition) is 11. The van der Waals surface area contributed by atoms with E-state index < -0.39 is 74.0 Å². The van der Waals surface area contributed by atoms with E-state index in [1.54, 1.807) is 0 Å². The van der Waals surface area contributed by atoms with Crippen LogP contribution in [0.25, 0.3) is 0 Å². The van der Waals surface area contributed by atoms with Crippen LogP contribution in [0, 0.1) is 0 Å². The van der Waals surface area contributed by atoms with E-state index in [4.69, 9.17) is 29.2 Å². The lowest BCUT2D eigenvalue weighted by Crippen LogP contribution is -2.65. The average molecular weight is 370 g/mol. The van der Waals surface area contributed by atoms with Gasteiger partial charge in [0.2, 0.25) is 0 Å². The van der Waals surface area contributed by atoms with Crippen molar-refractivity contribution < 1.29 is 59.5 Å². The lowest BCUT2D eigenvalue weighted by molar-refractivity contribution is -0.353. The Hall–Kier alpha value is -0.930. The molecule has 0 spiro atoms. The normalized spacial score (nSPS) is 48.3. The molecule has 12 nitrogen and oxygen atoms in total. The molecule has 1 unspecified atom stereocenters. The first-order chi connectivity index (χ1) is 11.7. The zero-order chi connectivity index (χ0) is 18.9. The minimum Gasteiger partial charge on any atom is -0.479 e. The second kappa shape index (κ2) is 8.18. The maximum absolute atomic E-state index is 11.1. The second-order valence-electron chi connectivity index (χ2n) is 5.77. The van der Waals surface area contributed by atoms with Crippen LogP contribution < -0.4 is 0 Å². The molecule has 10 atom stereocenters.